The number of nitrogens with zero attached hydrogens (tertiary/aromatic N) is 4. The number of piperazine rings is 1. The van der Waals surface area contributed by atoms with Crippen molar-refractivity contribution >= 4 is 28.9 Å². The van der Waals surface area contributed by atoms with E-state index in [4.69, 9.17) is 14.5 Å². The first-order valence-electron chi connectivity index (χ1n) is 11.8. The monoisotopic (exact) mass is 479 g/mol. The summed E-state index contributed by atoms with van der Waals surface area (Å²) in [7, 11) is 1.94. The van der Waals surface area contributed by atoms with Gasteiger partial charge in [-0.05, 0) is 38.5 Å². The number of aromatic nitrogens is 2. The van der Waals surface area contributed by atoms with Crippen molar-refractivity contribution in [3.05, 3.63) is 59.9 Å². The van der Waals surface area contributed by atoms with E-state index in [-0.39, 0.29) is 19.2 Å². The summed E-state index contributed by atoms with van der Waals surface area (Å²) >= 11 is 0. The van der Waals surface area contributed by atoms with Crippen LogP contribution in [0.25, 0.3) is 11.0 Å². The molecule has 2 heterocycles. The number of imidazole rings is 1. The van der Waals surface area contributed by atoms with Gasteiger partial charge in [-0.3, -0.25) is 0 Å². The topological polar surface area (TPSA) is 88.9 Å². The summed E-state index contributed by atoms with van der Waals surface area (Å²) in [5.74, 6) is 0.733. The molecule has 0 saturated carbocycles. The quantitative estimate of drug-likeness (QED) is 0.594. The number of para-hydroxylation sites is 1. The van der Waals surface area contributed by atoms with Crippen molar-refractivity contribution in [1.29, 1.82) is 0 Å². The predicted octanol–water partition coefficient (Wildman–Crippen LogP) is 4.06. The minimum absolute atomic E-state index is 0.217. The van der Waals surface area contributed by atoms with Gasteiger partial charge in [0, 0.05) is 33.2 Å². The molecule has 2 aromatic carbocycles. The summed E-state index contributed by atoms with van der Waals surface area (Å²) in [4.78, 5) is 33.4. The summed E-state index contributed by atoms with van der Waals surface area (Å²) in [6.45, 7) is 8.64. The van der Waals surface area contributed by atoms with Crippen LogP contribution in [0, 0.1) is 0 Å². The number of hydrogen-bond acceptors (Lipinski definition) is 6. The number of ether oxygens (including phenoxy) is 2. The van der Waals surface area contributed by atoms with Gasteiger partial charge in [-0.2, -0.15) is 0 Å². The molecule has 9 nitrogen and oxygen atoms in total. The van der Waals surface area contributed by atoms with Crippen LogP contribution in [0.4, 0.5) is 15.3 Å². The molecule has 0 unspecified atom stereocenters. The zero-order chi connectivity index (χ0) is 25.0. The molecule has 9 heteroatoms. The van der Waals surface area contributed by atoms with Crippen molar-refractivity contribution in [2.24, 2.45) is 7.05 Å². The highest BCUT2D eigenvalue weighted by atomic mass is 16.6. The van der Waals surface area contributed by atoms with Gasteiger partial charge in [0.2, 0.25) is 0 Å². The van der Waals surface area contributed by atoms with Crippen LogP contribution in [-0.4, -0.2) is 58.4 Å². The highest BCUT2D eigenvalue weighted by molar-refractivity contribution is 5.89. The second-order valence-electron chi connectivity index (χ2n) is 9.60. The third-order valence-corrected chi connectivity index (χ3v) is 5.86. The van der Waals surface area contributed by atoms with E-state index in [1.165, 1.54) is 0 Å². The average Bonchev–Trinajstić information content (AvgIpc) is 3.16. The number of fused-ring (bicyclic) bond motifs is 1. The van der Waals surface area contributed by atoms with Crippen molar-refractivity contribution in [2.75, 3.05) is 31.1 Å². The Hall–Kier alpha value is -3.75. The maximum atomic E-state index is 12.4. The van der Waals surface area contributed by atoms with Crippen LogP contribution in [0.5, 0.6) is 0 Å². The highest BCUT2D eigenvalue weighted by Gasteiger charge is 2.27. The number of carbonyl (C=O) groups is 2. The molecule has 1 aliphatic rings. The molecule has 0 atom stereocenters. The average molecular weight is 480 g/mol. The number of rotatable bonds is 5. The van der Waals surface area contributed by atoms with E-state index in [2.05, 4.69) is 10.2 Å². The Bertz CT molecular complexity index is 1180. The first kappa shape index (κ1) is 24.4. The molecule has 1 fully saturated rings. The maximum absolute atomic E-state index is 12.4. The summed E-state index contributed by atoms with van der Waals surface area (Å²) in [6.07, 6.45) is -0.764. The third-order valence-electron chi connectivity index (χ3n) is 5.86. The summed E-state index contributed by atoms with van der Waals surface area (Å²) in [5.41, 5.74) is 3.29. The molecule has 1 aromatic heterocycles. The molecule has 0 radical (unpaired) electrons. The predicted molar refractivity (Wildman–Crippen MR) is 134 cm³/mol. The normalized spacial score (nSPS) is 14.2. The van der Waals surface area contributed by atoms with Gasteiger partial charge in [0.15, 0.2) is 0 Å². The smallest absolute Gasteiger partial charge is 0.410 e. The number of aryl methyl sites for hydroxylation is 1. The Kier molecular flexibility index (Phi) is 7.14. The van der Waals surface area contributed by atoms with Gasteiger partial charge in [-0.15, -0.1) is 0 Å². The van der Waals surface area contributed by atoms with Crippen LogP contribution < -0.4 is 10.2 Å². The van der Waals surface area contributed by atoms with Gasteiger partial charge in [0.25, 0.3) is 0 Å². The SMILES string of the molecule is Cn1c(CNC(=O)OCc2ccccc2)nc2c(N3CCN(C(=O)OC(C)(C)C)CC3)cccc21. The molecular formula is C26H33N5O4. The Balaban J connectivity index is 1.38. The van der Waals surface area contributed by atoms with E-state index < -0.39 is 11.7 Å². The molecule has 1 saturated heterocycles. The fourth-order valence-corrected chi connectivity index (χ4v) is 4.04. The van der Waals surface area contributed by atoms with Crippen LogP contribution in [0.1, 0.15) is 32.2 Å². The molecule has 4 rings (SSSR count). The van der Waals surface area contributed by atoms with Crippen molar-refractivity contribution < 1.29 is 19.1 Å². The second-order valence-corrected chi connectivity index (χ2v) is 9.60. The van der Waals surface area contributed by atoms with Crippen LogP contribution >= 0.6 is 0 Å². The van der Waals surface area contributed by atoms with E-state index in [0.717, 1.165) is 28.1 Å². The lowest BCUT2D eigenvalue weighted by Crippen LogP contribution is -2.50. The lowest BCUT2D eigenvalue weighted by Gasteiger charge is -2.36. The number of amides is 2. The van der Waals surface area contributed by atoms with E-state index in [0.29, 0.717) is 26.2 Å². The highest BCUT2D eigenvalue weighted by Crippen LogP contribution is 2.28. The number of carbonyl (C=O) groups excluding carboxylic acids is 2. The molecular weight excluding hydrogens is 446 g/mol. The van der Waals surface area contributed by atoms with Crippen LogP contribution in [0.3, 0.4) is 0 Å². The fraction of sp³-hybridized carbons (Fsp3) is 0.423. The number of hydrogen-bond donors (Lipinski definition) is 1. The van der Waals surface area contributed by atoms with Gasteiger partial charge in [-0.1, -0.05) is 36.4 Å². The molecule has 186 valence electrons. The maximum Gasteiger partial charge on any atom is 0.410 e. The Morgan fingerprint density at radius 2 is 1.71 bits per heavy atom. The standard InChI is InChI=1S/C26H33N5O4/c1-26(2,3)35-25(33)31-15-13-30(14-16-31)21-12-8-11-20-23(21)28-22(29(20)4)17-27-24(32)34-18-19-9-6-5-7-10-19/h5-12H,13-18H2,1-4H3,(H,27,32). The fourth-order valence-electron chi connectivity index (χ4n) is 4.04. The summed E-state index contributed by atoms with van der Waals surface area (Å²) in [5, 5.41) is 2.79. The molecule has 0 spiro atoms. The lowest BCUT2D eigenvalue weighted by atomic mass is 10.2. The van der Waals surface area contributed by atoms with Crippen LogP contribution in [0.15, 0.2) is 48.5 Å². The van der Waals surface area contributed by atoms with Gasteiger partial charge >= 0.3 is 12.2 Å². The van der Waals surface area contributed by atoms with Gasteiger partial charge in [-0.25, -0.2) is 14.6 Å². The number of anilines is 1. The van der Waals surface area contributed by atoms with Crippen LogP contribution in [-0.2, 0) is 29.7 Å². The molecule has 0 aliphatic carbocycles. The van der Waals surface area contributed by atoms with E-state index in [1.54, 1.807) is 4.90 Å². The van der Waals surface area contributed by atoms with Crippen molar-refractivity contribution in [3.8, 4) is 0 Å². The van der Waals surface area contributed by atoms with Crippen molar-refractivity contribution in [2.45, 2.75) is 39.5 Å². The Morgan fingerprint density at radius 1 is 1.00 bits per heavy atom. The Morgan fingerprint density at radius 3 is 2.40 bits per heavy atom. The van der Waals surface area contributed by atoms with E-state index in [9.17, 15) is 9.59 Å². The summed E-state index contributed by atoms with van der Waals surface area (Å²) < 4.78 is 12.8. The second kappa shape index (κ2) is 10.2. The van der Waals surface area contributed by atoms with Gasteiger partial charge in [0.05, 0.1) is 17.7 Å². The minimum atomic E-state index is -0.508. The third kappa shape index (κ3) is 6.03. The molecule has 1 aliphatic heterocycles. The van der Waals surface area contributed by atoms with E-state index in [1.807, 2.05) is 80.9 Å². The first-order chi connectivity index (χ1) is 16.7. The Labute approximate surface area is 205 Å². The number of benzene rings is 2. The largest absolute Gasteiger partial charge is 0.445 e. The molecule has 35 heavy (non-hydrogen) atoms. The van der Waals surface area contributed by atoms with Gasteiger partial charge in [0.1, 0.15) is 23.5 Å². The summed E-state index contributed by atoms with van der Waals surface area (Å²) in [6, 6.07) is 15.6. The van der Waals surface area contributed by atoms with Crippen molar-refractivity contribution in [3.63, 3.8) is 0 Å². The van der Waals surface area contributed by atoms with Crippen LogP contribution in [0.2, 0.25) is 0 Å². The zero-order valence-electron chi connectivity index (χ0n) is 20.8. The molecule has 3 aromatic rings. The first-order valence-corrected chi connectivity index (χ1v) is 11.8. The molecule has 2 amide bonds. The van der Waals surface area contributed by atoms with Gasteiger partial charge < -0.3 is 29.2 Å². The van der Waals surface area contributed by atoms with E-state index >= 15 is 0 Å². The number of nitrogens with one attached hydrogen (secondary N) is 1. The minimum Gasteiger partial charge on any atom is -0.445 e. The van der Waals surface area contributed by atoms with Crippen molar-refractivity contribution in [1.82, 2.24) is 19.8 Å². The lowest BCUT2D eigenvalue weighted by molar-refractivity contribution is 0.0240. The molecule has 0 bridgehead atoms. The zero-order valence-corrected chi connectivity index (χ0v) is 20.8. The molecule has 1 N–H and O–H groups in total. The number of alkyl carbamates (subject to hydrolysis) is 1.